The maximum Gasteiger partial charge on any atom is 0.422 e. The molecule has 3 rings (SSSR count). The first-order valence-corrected chi connectivity index (χ1v) is 6.57. The number of nitrogens with zero attached hydrogens (tertiary/aromatic N) is 3. The highest BCUT2D eigenvalue weighted by Gasteiger charge is 2.70. The zero-order valence-corrected chi connectivity index (χ0v) is 11.7. The lowest BCUT2D eigenvalue weighted by molar-refractivity contribution is -0.296. The van der Waals surface area contributed by atoms with E-state index in [1.165, 1.54) is 0 Å². The number of ether oxygens (including phenoxy) is 1. The van der Waals surface area contributed by atoms with Crippen LogP contribution in [0.25, 0.3) is 11.2 Å². The van der Waals surface area contributed by atoms with Crippen LogP contribution in [0, 0.1) is 0 Å². The quantitative estimate of drug-likeness (QED) is 0.426. The molecular formula is C11H12F3N5O5. The standard InChI is InChI=1S/C11H12F3N5O5/c12-11(13,14)10(23)3(1-20)24-8(5(10)21)19-2-16-4-6(19)17-9(15)18-7(4)22/h2-3,5,8,20-21,23H,1H2,(H3,15,17,18,22)/t3-,5+,8-,10?/m1/s1. The minimum Gasteiger partial charge on any atom is -0.394 e. The molecule has 4 atom stereocenters. The highest BCUT2D eigenvalue weighted by atomic mass is 19.4. The number of aliphatic hydroxyl groups is 3. The number of nitrogen functional groups attached to an aromatic ring is 1. The first-order valence-electron chi connectivity index (χ1n) is 6.57. The first kappa shape index (κ1) is 16.6. The van der Waals surface area contributed by atoms with Crippen LogP contribution in [-0.4, -0.2) is 65.4 Å². The molecule has 1 aliphatic rings. The fraction of sp³-hybridized carbons (Fsp3) is 0.545. The largest absolute Gasteiger partial charge is 0.422 e. The molecule has 1 saturated heterocycles. The molecule has 0 radical (unpaired) electrons. The number of aliphatic hydroxyl groups excluding tert-OH is 2. The van der Waals surface area contributed by atoms with Crippen molar-refractivity contribution in [1.82, 2.24) is 19.5 Å². The van der Waals surface area contributed by atoms with Crippen molar-refractivity contribution >= 4 is 17.1 Å². The van der Waals surface area contributed by atoms with E-state index in [0.29, 0.717) is 0 Å². The van der Waals surface area contributed by atoms with Crippen molar-refractivity contribution in [1.29, 1.82) is 0 Å². The summed E-state index contributed by atoms with van der Waals surface area (Å²) in [7, 11) is 0. The van der Waals surface area contributed by atoms with Crippen LogP contribution >= 0.6 is 0 Å². The van der Waals surface area contributed by atoms with E-state index in [9.17, 15) is 28.2 Å². The maximum absolute atomic E-state index is 13.2. The lowest BCUT2D eigenvalue weighted by Crippen LogP contribution is -2.59. The van der Waals surface area contributed by atoms with Gasteiger partial charge in [-0.15, -0.1) is 0 Å². The van der Waals surface area contributed by atoms with E-state index in [0.717, 1.165) is 10.9 Å². The van der Waals surface area contributed by atoms with Gasteiger partial charge >= 0.3 is 6.18 Å². The molecule has 2 aromatic heterocycles. The lowest BCUT2D eigenvalue weighted by Gasteiger charge is -2.31. The number of imidazole rings is 1. The summed E-state index contributed by atoms with van der Waals surface area (Å²) in [6.45, 7) is -1.20. The highest BCUT2D eigenvalue weighted by Crippen LogP contribution is 2.47. The van der Waals surface area contributed by atoms with E-state index >= 15 is 0 Å². The summed E-state index contributed by atoms with van der Waals surface area (Å²) in [6, 6.07) is 0. The van der Waals surface area contributed by atoms with Crippen LogP contribution in [0.1, 0.15) is 6.23 Å². The van der Waals surface area contributed by atoms with Gasteiger partial charge in [0.1, 0.15) is 12.2 Å². The number of hydrogen-bond donors (Lipinski definition) is 5. The van der Waals surface area contributed by atoms with Gasteiger partial charge in [0.25, 0.3) is 5.56 Å². The van der Waals surface area contributed by atoms with Gasteiger partial charge in [-0.1, -0.05) is 0 Å². The van der Waals surface area contributed by atoms with E-state index in [-0.39, 0.29) is 17.1 Å². The molecule has 0 spiro atoms. The number of aromatic nitrogens is 4. The van der Waals surface area contributed by atoms with Gasteiger partial charge in [-0.3, -0.25) is 14.3 Å². The van der Waals surface area contributed by atoms with E-state index < -0.39 is 42.4 Å². The number of halogens is 3. The Bertz CT molecular complexity index is 836. The summed E-state index contributed by atoms with van der Waals surface area (Å²) in [6.07, 6.45) is -10.8. The van der Waals surface area contributed by atoms with Crippen molar-refractivity contribution in [2.75, 3.05) is 12.3 Å². The molecule has 0 aliphatic carbocycles. The predicted molar refractivity (Wildman–Crippen MR) is 70.6 cm³/mol. The molecule has 132 valence electrons. The summed E-state index contributed by atoms with van der Waals surface area (Å²) < 4.78 is 45.3. The topological polar surface area (TPSA) is 160 Å². The van der Waals surface area contributed by atoms with Gasteiger partial charge in [-0.05, 0) is 0 Å². The lowest BCUT2D eigenvalue weighted by atomic mass is 9.91. The van der Waals surface area contributed by atoms with Crippen molar-refractivity contribution in [2.24, 2.45) is 0 Å². The second-order valence-electron chi connectivity index (χ2n) is 5.24. The van der Waals surface area contributed by atoms with Gasteiger partial charge in [0.2, 0.25) is 11.5 Å². The fourth-order valence-corrected chi connectivity index (χ4v) is 2.63. The maximum atomic E-state index is 13.2. The molecule has 13 heteroatoms. The molecule has 10 nitrogen and oxygen atoms in total. The first-order chi connectivity index (χ1) is 11.1. The number of anilines is 1. The molecule has 3 heterocycles. The van der Waals surface area contributed by atoms with E-state index in [2.05, 4.69) is 15.0 Å². The molecule has 0 aromatic carbocycles. The summed E-state index contributed by atoms with van der Waals surface area (Å²) in [5.41, 5.74) is 0.433. The number of fused-ring (bicyclic) bond motifs is 1. The smallest absolute Gasteiger partial charge is 0.394 e. The Morgan fingerprint density at radius 1 is 1.50 bits per heavy atom. The van der Waals surface area contributed by atoms with Crippen molar-refractivity contribution in [3.05, 3.63) is 16.7 Å². The van der Waals surface area contributed by atoms with Gasteiger partial charge in [-0.25, -0.2) is 4.98 Å². The SMILES string of the molecule is Nc1nc2c(ncn2[C@@H]2O[C@H](CO)C(O)(C(F)(F)F)[C@H]2O)c(=O)[nH]1. The Labute approximate surface area is 130 Å². The third kappa shape index (κ3) is 2.09. The summed E-state index contributed by atoms with van der Waals surface area (Å²) in [5, 5.41) is 29.0. The van der Waals surface area contributed by atoms with Crippen LogP contribution < -0.4 is 11.3 Å². The molecule has 1 aliphatic heterocycles. The van der Waals surface area contributed by atoms with Crippen molar-refractivity contribution in [2.45, 2.75) is 30.2 Å². The Morgan fingerprint density at radius 2 is 2.17 bits per heavy atom. The third-order valence-corrected chi connectivity index (χ3v) is 3.86. The Hall–Kier alpha value is -2.22. The molecule has 1 fully saturated rings. The monoisotopic (exact) mass is 351 g/mol. The zero-order valence-electron chi connectivity index (χ0n) is 11.7. The van der Waals surface area contributed by atoms with Gasteiger partial charge < -0.3 is 25.8 Å². The minimum atomic E-state index is -5.28. The molecule has 1 unspecified atom stereocenters. The number of alkyl halides is 3. The molecule has 0 amide bonds. The third-order valence-electron chi connectivity index (χ3n) is 3.86. The highest BCUT2D eigenvalue weighted by molar-refractivity contribution is 5.70. The van der Waals surface area contributed by atoms with Gasteiger partial charge in [0.05, 0.1) is 12.9 Å². The number of hydrogen-bond acceptors (Lipinski definition) is 8. The average molecular weight is 351 g/mol. The zero-order chi connectivity index (χ0) is 17.9. The van der Waals surface area contributed by atoms with Crippen molar-refractivity contribution < 1.29 is 33.2 Å². The van der Waals surface area contributed by atoms with E-state index in [4.69, 9.17) is 15.6 Å². The predicted octanol–water partition coefficient (Wildman–Crippen LogP) is -1.75. The van der Waals surface area contributed by atoms with E-state index in [1.54, 1.807) is 0 Å². The van der Waals surface area contributed by atoms with Crippen LogP contribution in [0.3, 0.4) is 0 Å². The van der Waals surface area contributed by atoms with Crippen LogP contribution in [0.2, 0.25) is 0 Å². The molecular weight excluding hydrogens is 339 g/mol. The van der Waals surface area contributed by atoms with Crippen molar-refractivity contribution in [3.63, 3.8) is 0 Å². The number of nitrogens with two attached hydrogens (primary N) is 1. The van der Waals surface area contributed by atoms with Crippen LogP contribution in [-0.2, 0) is 4.74 Å². The molecule has 0 saturated carbocycles. The van der Waals surface area contributed by atoms with Crippen LogP contribution in [0.15, 0.2) is 11.1 Å². The van der Waals surface area contributed by atoms with Gasteiger partial charge in [0.15, 0.2) is 17.4 Å². The molecule has 2 aromatic rings. The molecule has 0 bridgehead atoms. The van der Waals surface area contributed by atoms with Crippen LogP contribution in [0.4, 0.5) is 19.1 Å². The number of aromatic amines is 1. The van der Waals surface area contributed by atoms with Crippen LogP contribution in [0.5, 0.6) is 0 Å². The average Bonchev–Trinajstić information content (AvgIpc) is 3.00. The van der Waals surface area contributed by atoms with Gasteiger partial charge in [-0.2, -0.15) is 18.2 Å². The van der Waals surface area contributed by atoms with Crippen molar-refractivity contribution in [3.8, 4) is 0 Å². The number of H-pyrrole nitrogens is 1. The Kier molecular flexibility index (Phi) is 3.56. The second-order valence-corrected chi connectivity index (χ2v) is 5.24. The van der Waals surface area contributed by atoms with E-state index in [1.807, 2.05) is 0 Å². The summed E-state index contributed by atoms with van der Waals surface area (Å²) in [5.74, 6) is -0.327. The fourth-order valence-electron chi connectivity index (χ4n) is 2.63. The minimum absolute atomic E-state index is 0.247. The normalized spacial score (nSPS) is 31.0. The second kappa shape index (κ2) is 5.14. The molecule has 24 heavy (non-hydrogen) atoms. The summed E-state index contributed by atoms with van der Waals surface area (Å²) >= 11 is 0. The summed E-state index contributed by atoms with van der Waals surface area (Å²) in [4.78, 5) is 21.3. The Morgan fingerprint density at radius 3 is 2.71 bits per heavy atom. The number of nitrogens with one attached hydrogen (secondary N) is 1. The van der Waals surface area contributed by atoms with Gasteiger partial charge in [0, 0.05) is 0 Å². The molecule has 6 N–H and O–H groups in total. The Balaban J connectivity index is 2.13. The number of rotatable bonds is 2.